The second-order valence-electron chi connectivity index (χ2n) is 6.31. The van der Waals surface area contributed by atoms with Crippen molar-refractivity contribution in [3.63, 3.8) is 0 Å². The van der Waals surface area contributed by atoms with Gasteiger partial charge in [0.2, 0.25) is 5.91 Å². The van der Waals surface area contributed by atoms with Gasteiger partial charge in [-0.1, -0.05) is 19.3 Å². The molecular weight excluding hydrogens is 238 g/mol. The van der Waals surface area contributed by atoms with Gasteiger partial charge >= 0.3 is 0 Å². The number of carbonyl (C=O) groups is 1. The molecule has 0 aromatic heterocycles. The number of nitrogens with one attached hydrogen (secondary N) is 1. The van der Waals surface area contributed by atoms with Crippen molar-refractivity contribution in [1.82, 2.24) is 15.1 Å². The van der Waals surface area contributed by atoms with Gasteiger partial charge in [-0.05, 0) is 26.7 Å². The molecule has 2 rings (SSSR count). The molecule has 2 aliphatic rings. The van der Waals surface area contributed by atoms with Crippen molar-refractivity contribution in [3.05, 3.63) is 0 Å². The molecule has 4 nitrogen and oxygen atoms in total. The molecule has 0 aromatic rings. The van der Waals surface area contributed by atoms with Crippen LogP contribution in [0.1, 0.15) is 46.0 Å². The second-order valence-corrected chi connectivity index (χ2v) is 6.31. The van der Waals surface area contributed by atoms with Crippen LogP contribution in [0.3, 0.4) is 0 Å². The van der Waals surface area contributed by atoms with Gasteiger partial charge in [0.1, 0.15) is 0 Å². The first-order valence-corrected chi connectivity index (χ1v) is 7.91. The highest BCUT2D eigenvalue weighted by atomic mass is 16.2. The zero-order valence-corrected chi connectivity index (χ0v) is 12.5. The van der Waals surface area contributed by atoms with Crippen LogP contribution in [-0.2, 0) is 4.79 Å². The van der Waals surface area contributed by atoms with E-state index in [9.17, 15) is 4.79 Å². The predicted octanol–water partition coefficient (Wildman–Crippen LogP) is 1.46. The van der Waals surface area contributed by atoms with Crippen LogP contribution < -0.4 is 5.32 Å². The predicted molar refractivity (Wildman–Crippen MR) is 78.2 cm³/mol. The third-order valence-corrected chi connectivity index (χ3v) is 4.47. The van der Waals surface area contributed by atoms with Crippen LogP contribution >= 0.6 is 0 Å². The zero-order chi connectivity index (χ0) is 13.7. The van der Waals surface area contributed by atoms with Gasteiger partial charge in [-0.25, -0.2) is 0 Å². The number of rotatable bonds is 4. The molecule has 0 atom stereocenters. The van der Waals surface area contributed by atoms with Crippen molar-refractivity contribution in [3.8, 4) is 0 Å². The number of carbonyl (C=O) groups excluding carboxylic acids is 1. The molecule has 0 bridgehead atoms. The maximum Gasteiger partial charge on any atom is 0.234 e. The first kappa shape index (κ1) is 14.8. The summed E-state index contributed by atoms with van der Waals surface area (Å²) in [6.07, 6.45) is 6.24. The minimum atomic E-state index is 0.227. The van der Waals surface area contributed by atoms with E-state index in [1.165, 1.54) is 32.1 Å². The fraction of sp³-hybridized carbons (Fsp3) is 0.933. The number of hydrogen-bond donors (Lipinski definition) is 1. The lowest BCUT2D eigenvalue weighted by molar-refractivity contribution is -0.123. The Bertz CT molecular complexity index is 279. The lowest BCUT2D eigenvalue weighted by Gasteiger charge is -2.36. The molecule has 110 valence electrons. The smallest absolute Gasteiger partial charge is 0.234 e. The van der Waals surface area contributed by atoms with E-state index in [4.69, 9.17) is 0 Å². The second kappa shape index (κ2) is 7.25. The van der Waals surface area contributed by atoms with Gasteiger partial charge in [0.25, 0.3) is 0 Å². The summed E-state index contributed by atoms with van der Waals surface area (Å²) in [5.74, 6) is 0.227. The van der Waals surface area contributed by atoms with Crippen LogP contribution in [0.2, 0.25) is 0 Å². The molecule has 4 heteroatoms. The van der Waals surface area contributed by atoms with Crippen LogP contribution in [0.4, 0.5) is 0 Å². The van der Waals surface area contributed by atoms with Gasteiger partial charge in [0.15, 0.2) is 0 Å². The van der Waals surface area contributed by atoms with E-state index in [0.29, 0.717) is 18.6 Å². The Morgan fingerprint density at radius 1 is 1.11 bits per heavy atom. The molecule has 0 radical (unpaired) electrons. The summed E-state index contributed by atoms with van der Waals surface area (Å²) < 4.78 is 0. The van der Waals surface area contributed by atoms with Crippen LogP contribution in [0, 0.1) is 0 Å². The first-order chi connectivity index (χ1) is 9.15. The van der Waals surface area contributed by atoms with Gasteiger partial charge in [-0.15, -0.1) is 0 Å². The van der Waals surface area contributed by atoms with E-state index in [0.717, 1.165) is 26.2 Å². The van der Waals surface area contributed by atoms with Crippen molar-refractivity contribution >= 4 is 5.91 Å². The van der Waals surface area contributed by atoms with Gasteiger partial charge in [0.05, 0.1) is 6.54 Å². The standard InChI is InChI=1S/C15H29N3O/c1-13(2)18-10-8-17(9-11-18)12-15(19)16-14-6-4-3-5-7-14/h13-14H,3-12H2,1-2H3,(H,16,19). The van der Waals surface area contributed by atoms with Crippen LogP contribution in [0.15, 0.2) is 0 Å². The highest BCUT2D eigenvalue weighted by Gasteiger charge is 2.22. The topological polar surface area (TPSA) is 35.6 Å². The lowest BCUT2D eigenvalue weighted by atomic mass is 9.95. The minimum Gasteiger partial charge on any atom is -0.352 e. The van der Waals surface area contributed by atoms with Crippen molar-refractivity contribution in [2.45, 2.75) is 58.0 Å². The fourth-order valence-corrected chi connectivity index (χ4v) is 3.16. The van der Waals surface area contributed by atoms with Crippen molar-refractivity contribution in [2.24, 2.45) is 0 Å². The molecule has 1 amide bonds. The largest absolute Gasteiger partial charge is 0.352 e. The monoisotopic (exact) mass is 267 g/mol. The van der Waals surface area contributed by atoms with E-state index < -0.39 is 0 Å². The van der Waals surface area contributed by atoms with Crippen LogP contribution in [-0.4, -0.2) is 60.5 Å². The number of hydrogen-bond acceptors (Lipinski definition) is 3. The number of nitrogens with zero attached hydrogens (tertiary/aromatic N) is 2. The molecule has 1 aliphatic heterocycles. The van der Waals surface area contributed by atoms with Gasteiger partial charge in [0, 0.05) is 38.3 Å². The normalized spacial score (nSPS) is 23.7. The summed E-state index contributed by atoms with van der Waals surface area (Å²) in [7, 11) is 0. The summed E-state index contributed by atoms with van der Waals surface area (Å²) in [5, 5.41) is 3.21. The van der Waals surface area contributed by atoms with E-state index in [2.05, 4.69) is 29.0 Å². The van der Waals surface area contributed by atoms with Crippen molar-refractivity contribution in [1.29, 1.82) is 0 Å². The Morgan fingerprint density at radius 2 is 1.74 bits per heavy atom. The van der Waals surface area contributed by atoms with Crippen molar-refractivity contribution in [2.75, 3.05) is 32.7 Å². The molecule has 0 unspecified atom stereocenters. The minimum absolute atomic E-state index is 0.227. The Morgan fingerprint density at radius 3 is 2.32 bits per heavy atom. The molecular formula is C15H29N3O. The molecule has 1 saturated heterocycles. The van der Waals surface area contributed by atoms with E-state index in [1.807, 2.05) is 0 Å². The van der Waals surface area contributed by atoms with Gasteiger partial charge in [-0.2, -0.15) is 0 Å². The molecule has 1 aliphatic carbocycles. The molecule has 1 heterocycles. The Kier molecular flexibility index (Phi) is 5.64. The molecule has 19 heavy (non-hydrogen) atoms. The molecule has 0 spiro atoms. The highest BCUT2D eigenvalue weighted by Crippen LogP contribution is 2.17. The Labute approximate surface area is 117 Å². The molecule has 1 N–H and O–H groups in total. The number of piperazine rings is 1. The average molecular weight is 267 g/mol. The quantitative estimate of drug-likeness (QED) is 0.837. The summed E-state index contributed by atoms with van der Waals surface area (Å²) >= 11 is 0. The maximum atomic E-state index is 12.0. The average Bonchev–Trinajstić information content (AvgIpc) is 2.40. The first-order valence-electron chi connectivity index (χ1n) is 7.91. The molecule has 0 aromatic carbocycles. The molecule has 1 saturated carbocycles. The summed E-state index contributed by atoms with van der Waals surface area (Å²) in [5.41, 5.74) is 0. The third kappa shape index (κ3) is 4.77. The van der Waals surface area contributed by atoms with Crippen molar-refractivity contribution < 1.29 is 4.79 Å². The lowest BCUT2D eigenvalue weighted by Crippen LogP contribution is -2.52. The summed E-state index contributed by atoms with van der Waals surface area (Å²) in [6.45, 7) is 9.30. The maximum absolute atomic E-state index is 12.0. The third-order valence-electron chi connectivity index (χ3n) is 4.47. The van der Waals surface area contributed by atoms with Gasteiger partial charge in [-0.3, -0.25) is 14.6 Å². The van der Waals surface area contributed by atoms with E-state index >= 15 is 0 Å². The SMILES string of the molecule is CC(C)N1CCN(CC(=O)NC2CCCCC2)CC1. The molecule has 2 fully saturated rings. The van der Waals surface area contributed by atoms with E-state index in [1.54, 1.807) is 0 Å². The van der Waals surface area contributed by atoms with Gasteiger partial charge < -0.3 is 5.32 Å². The van der Waals surface area contributed by atoms with Crippen LogP contribution in [0.5, 0.6) is 0 Å². The van der Waals surface area contributed by atoms with Crippen LogP contribution in [0.25, 0.3) is 0 Å². The summed E-state index contributed by atoms with van der Waals surface area (Å²) in [4.78, 5) is 16.8. The fourth-order valence-electron chi connectivity index (χ4n) is 3.16. The highest BCUT2D eigenvalue weighted by molar-refractivity contribution is 5.78. The van der Waals surface area contributed by atoms with E-state index in [-0.39, 0.29) is 5.91 Å². The Balaban J connectivity index is 1.65. The number of amides is 1. The Hall–Kier alpha value is -0.610. The zero-order valence-electron chi connectivity index (χ0n) is 12.5. The summed E-state index contributed by atoms with van der Waals surface area (Å²) in [6, 6.07) is 1.07.